The molecule has 108 valence electrons. The van der Waals surface area contributed by atoms with Crippen LogP contribution in [0.4, 0.5) is 0 Å². The molecule has 0 spiro atoms. The fourth-order valence-electron chi connectivity index (χ4n) is 2.42. The highest BCUT2D eigenvalue weighted by molar-refractivity contribution is 5.86. The first-order chi connectivity index (χ1) is 8.66. The van der Waals surface area contributed by atoms with E-state index in [0.29, 0.717) is 13.0 Å². The van der Waals surface area contributed by atoms with Crippen molar-refractivity contribution < 1.29 is 4.79 Å². The number of hydrogen-bond donors (Lipinski definition) is 2. The number of amides is 1. The molecule has 19 heavy (non-hydrogen) atoms. The maximum absolute atomic E-state index is 12.2. The summed E-state index contributed by atoms with van der Waals surface area (Å²) < 4.78 is 1.67. The Morgan fingerprint density at radius 3 is 2.95 bits per heavy atom. The predicted octanol–water partition coefficient (Wildman–Crippen LogP) is 0.428. The van der Waals surface area contributed by atoms with Gasteiger partial charge in [0.1, 0.15) is 6.33 Å². The first-order valence-electron chi connectivity index (χ1n) is 6.54. The van der Waals surface area contributed by atoms with Crippen LogP contribution in [0.2, 0.25) is 0 Å². The van der Waals surface area contributed by atoms with Crippen LogP contribution in [-0.2, 0) is 18.3 Å². The van der Waals surface area contributed by atoms with Gasteiger partial charge in [-0.1, -0.05) is 6.92 Å². The van der Waals surface area contributed by atoms with Crippen molar-refractivity contribution in [3.63, 3.8) is 0 Å². The molecule has 2 heterocycles. The molecule has 1 aromatic rings. The molecule has 0 radical (unpaired) electrons. The lowest BCUT2D eigenvalue weighted by Crippen LogP contribution is -2.53. The van der Waals surface area contributed by atoms with Crippen molar-refractivity contribution in [3.8, 4) is 0 Å². The lowest BCUT2D eigenvalue weighted by atomic mass is 9.93. The molecule has 6 nitrogen and oxygen atoms in total. The van der Waals surface area contributed by atoms with Crippen molar-refractivity contribution >= 4 is 18.3 Å². The molecule has 1 aliphatic heterocycles. The Morgan fingerprint density at radius 1 is 1.63 bits per heavy atom. The first-order valence-corrected chi connectivity index (χ1v) is 6.54. The molecule has 1 aromatic heterocycles. The number of aromatic nitrogens is 3. The van der Waals surface area contributed by atoms with E-state index in [-0.39, 0.29) is 23.9 Å². The van der Waals surface area contributed by atoms with Crippen molar-refractivity contribution in [3.05, 3.63) is 12.2 Å². The fraction of sp³-hybridized carbons (Fsp3) is 0.750. The van der Waals surface area contributed by atoms with Gasteiger partial charge in [-0.3, -0.25) is 9.48 Å². The summed E-state index contributed by atoms with van der Waals surface area (Å²) in [5.74, 6) is 0.876. The second-order valence-corrected chi connectivity index (χ2v) is 4.81. The molecule has 7 heteroatoms. The second kappa shape index (κ2) is 6.86. The minimum absolute atomic E-state index is 0. The number of aryl methyl sites for hydroxylation is 1. The van der Waals surface area contributed by atoms with Crippen LogP contribution in [0, 0.1) is 0 Å². The number of nitrogens with one attached hydrogen (secondary N) is 2. The van der Waals surface area contributed by atoms with Gasteiger partial charge in [0.25, 0.3) is 0 Å². The minimum atomic E-state index is -0.350. The Bertz CT molecular complexity index is 414. The SMILES string of the molecule is CCC1(C(=O)NCCc2ncn(C)n2)CCCN1.Cl. The topological polar surface area (TPSA) is 71.8 Å². The smallest absolute Gasteiger partial charge is 0.240 e. The summed E-state index contributed by atoms with van der Waals surface area (Å²) in [6.07, 6.45) is 5.18. The molecule has 0 bridgehead atoms. The number of halogens is 1. The summed E-state index contributed by atoms with van der Waals surface area (Å²) in [7, 11) is 1.84. The van der Waals surface area contributed by atoms with E-state index >= 15 is 0 Å². The zero-order chi connectivity index (χ0) is 13.0. The lowest BCUT2D eigenvalue weighted by Gasteiger charge is -2.26. The highest BCUT2D eigenvalue weighted by atomic mass is 35.5. The molecule has 1 saturated heterocycles. The molecule has 0 saturated carbocycles. The van der Waals surface area contributed by atoms with E-state index in [9.17, 15) is 4.79 Å². The third kappa shape index (κ3) is 3.67. The highest BCUT2D eigenvalue weighted by Crippen LogP contribution is 2.22. The standard InChI is InChI=1S/C12H21N5O.ClH/c1-3-12(6-4-7-15-12)11(18)13-8-5-10-14-9-17(2)16-10;/h9,15H,3-8H2,1-2H3,(H,13,18);1H. The Kier molecular flexibility index (Phi) is 5.75. The Labute approximate surface area is 119 Å². The van der Waals surface area contributed by atoms with Crippen molar-refractivity contribution in [1.29, 1.82) is 0 Å². The van der Waals surface area contributed by atoms with E-state index in [2.05, 4.69) is 27.6 Å². The molecular formula is C12H22ClN5O. The van der Waals surface area contributed by atoms with E-state index in [1.807, 2.05) is 7.05 Å². The molecule has 1 unspecified atom stereocenters. The van der Waals surface area contributed by atoms with Crippen LogP contribution in [0.5, 0.6) is 0 Å². The Hall–Kier alpha value is -1.14. The number of carbonyl (C=O) groups is 1. The van der Waals surface area contributed by atoms with Gasteiger partial charge in [0.2, 0.25) is 5.91 Å². The monoisotopic (exact) mass is 287 g/mol. The van der Waals surface area contributed by atoms with Gasteiger partial charge in [0.05, 0.1) is 5.54 Å². The number of carbonyl (C=O) groups excluding carboxylic acids is 1. The van der Waals surface area contributed by atoms with E-state index in [1.165, 1.54) is 0 Å². The van der Waals surface area contributed by atoms with Gasteiger partial charge in [0, 0.05) is 20.0 Å². The summed E-state index contributed by atoms with van der Waals surface area (Å²) in [5, 5.41) is 10.5. The largest absolute Gasteiger partial charge is 0.354 e. The summed E-state index contributed by atoms with van der Waals surface area (Å²) in [6, 6.07) is 0. The van der Waals surface area contributed by atoms with E-state index in [1.54, 1.807) is 11.0 Å². The molecule has 1 atom stereocenters. The van der Waals surface area contributed by atoms with E-state index in [4.69, 9.17) is 0 Å². The van der Waals surface area contributed by atoms with Gasteiger partial charge in [0.15, 0.2) is 5.82 Å². The number of hydrogen-bond acceptors (Lipinski definition) is 4. The van der Waals surface area contributed by atoms with Crippen LogP contribution < -0.4 is 10.6 Å². The van der Waals surface area contributed by atoms with Gasteiger partial charge in [-0.15, -0.1) is 12.4 Å². The maximum Gasteiger partial charge on any atom is 0.240 e. The molecule has 2 rings (SSSR count). The van der Waals surface area contributed by atoms with E-state index < -0.39 is 0 Å². The van der Waals surface area contributed by atoms with Gasteiger partial charge in [-0.2, -0.15) is 5.10 Å². The summed E-state index contributed by atoms with van der Waals surface area (Å²) in [4.78, 5) is 16.3. The third-order valence-electron chi connectivity index (χ3n) is 3.56. The van der Waals surface area contributed by atoms with Crippen LogP contribution in [0.15, 0.2) is 6.33 Å². The second-order valence-electron chi connectivity index (χ2n) is 4.81. The average Bonchev–Trinajstić information content (AvgIpc) is 2.99. The van der Waals surface area contributed by atoms with Crippen molar-refractivity contribution in [2.75, 3.05) is 13.1 Å². The molecule has 0 aromatic carbocycles. The quantitative estimate of drug-likeness (QED) is 0.824. The van der Waals surface area contributed by atoms with Crippen LogP contribution >= 0.6 is 12.4 Å². The zero-order valence-corrected chi connectivity index (χ0v) is 12.3. The van der Waals surface area contributed by atoms with Gasteiger partial charge < -0.3 is 10.6 Å². The van der Waals surface area contributed by atoms with Gasteiger partial charge >= 0.3 is 0 Å². The molecule has 0 aliphatic carbocycles. The lowest BCUT2D eigenvalue weighted by molar-refractivity contribution is -0.127. The van der Waals surface area contributed by atoms with Crippen LogP contribution in [0.1, 0.15) is 32.0 Å². The first kappa shape index (κ1) is 15.9. The highest BCUT2D eigenvalue weighted by Gasteiger charge is 2.38. The van der Waals surface area contributed by atoms with Gasteiger partial charge in [-0.05, 0) is 25.8 Å². The predicted molar refractivity (Wildman–Crippen MR) is 75.2 cm³/mol. The fourth-order valence-corrected chi connectivity index (χ4v) is 2.42. The average molecular weight is 288 g/mol. The van der Waals surface area contributed by atoms with Crippen molar-refractivity contribution in [2.24, 2.45) is 7.05 Å². The zero-order valence-electron chi connectivity index (χ0n) is 11.5. The number of nitrogens with zero attached hydrogens (tertiary/aromatic N) is 3. The summed E-state index contributed by atoms with van der Waals surface area (Å²) in [6.45, 7) is 3.58. The number of rotatable bonds is 5. The van der Waals surface area contributed by atoms with Crippen LogP contribution in [0.25, 0.3) is 0 Å². The molecule has 1 amide bonds. The minimum Gasteiger partial charge on any atom is -0.354 e. The molecule has 2 N–H and O–H groups in total. The molecular weight excluding hydrogens is 266 g/mol. The molecule has 1 fully saturated rings. The Morgan fingerprint density at radius 2 is 2.42 bits per heavy atom. The molecule has 1 aliphatic rings. The van der Waals surface area contributed by atoms with Crippen LogP contribution in [0.3, 0.4) is 0 Å². The summed E-state index contributed by atoms with van der Waals surface area (Å²) in [5.41, 5.74) is -0.350. The van der Waals surface area contributed by atoms with Crippen LogP contribution in [-0.4, -0.2) is 39.3 Å². The Balaban J connectivity index is 0.00000180. The van der Waals surface area contributed by atoms with Gasteiger partial charge in [-0.25, -0.2) is 4.98 Å². The van der Waals surface area contributed by atoms with Crippen molar-refractivity contribution in [1.82, 2.24) is 25.4 Å². The summed E-state index contributed by atoms with van der Waals surface area (Å²) >= 11 is 0. The van der Waals surface area contributed by atoms with E-state index in [0.717, 1.165) is 31.6 Å². The van der Waals surface area contributed by atoms with Crippen molar-refractivity contribution in [2.45, 2.75) is 38.1 Å². The third-order valence-corrected chi connectivity index (χ3v) is 3.56. The normalized spacial score (nSPS) is 22.0. The maximum atomic E-state index is 12.2.